The van der Waals surface area contributed by atoms with E-state index in [9.17, 15) is 22.8 Å². The van der Waals surface area contributed by atoms with E-state index in [0.29, 0.717) is 43.2 Å². The fraction of sp³-hybridized carbons (Fsp3) is 0.317. The van der Waals surface area contributed by atoms with Gasteiger partial charge in [0, 0.05) is 55.9 Å². The van der Waals surface area contributed by atoms with Crippen molar-refractivity contribution >= 4 is 35.2 Å². The van der Waals surface area contributed by atoms with Crippen molar-refractivity contribution in [3.8, 4) is 0 Å². The van der Waals surface area contributed by atoms with Crippen LogP contribution in [0.15, 0.2) is 109 Å². The van der Waals surface area contributed by atoms with Crippen LogP contribution in [0, 0.1) is 0 Å². The molecular weight excluding hydrogens is 659 g/mol. The summed E-state index contributed by atoms with van der Waals surface area (Å²) in [4.78, 5) is 34.3. The van der Waals surface area contributed by atoms with Crippen LogP contribution in [0.5, 0.6) is 0 Å². The van der Waals surface area contributed by atoms with Crippen molar-refractivity contribution in [2.45, 2.75) is 57.8 Å². The molecule has 0 N–H and O–H groups in total. The minimum absolute atomic E-state index is 0.146. The molecule has 50 heavy (non-hydrogen) atoms. The third-order valence-corrected chi connectivity index (χ3v) is 9.32. The van der Waals surface area contributed by atoms with Gasteiger partial charge >= 0.3 is 6.18 Å². The molecule has 262 valence electrons. The van der Waals surface area contributed by atoms with Crippen LogP contribution >= 0.6 is 11.6 Å². The smallest absolute Gasteiger partial charge is 0.368 e. The highest BCUT2D eigenvalue weighted by Crippen LogP contribution is 2.29. The predicted octanol–water partition coefficient (Wildman–Crippen LogP) is 9.09. The molecule has 4 aromatic carbocycles. The number of nitrogens with zero attached hydrogens (tertiary/aromatic N) is 3. The maximum atomic E-state index is 14.5. The Morgan fingerprint density at radius 1 is 0.820 bits per heavy atom. The molecule has 9 heteroatoms. The maximum Gasteiger partial charge on any atom is 0.416 e. The van der Waals surface area contributed by atoms with Crippen molar-refractivity contribution < 1.29 is 22.8 Å². The molecule has 0 radical (unpaired) electrons. The van der Waals surface area contributed by atoms with Gasteiger partial charge in [-0.05, 0) is 71.5 Å². The van der Waals surface area contributed by atoms with Gasteiger partial charge in [-0.3, -0.25) is 9.59 Å². The van der Waals surface area contributed by atoms with E-state index >= 15 is 0 Å². The molecule has 1 aliphatic heterocycles. The summed E-state index contributed by atoms with van der Waals surface area (Å²) in [5.41, 5.74) is 3.71. The number of carbonyl (C=O) groups excluding carboxylic acids is 2. The maximum absolute atomic E-state index is 14.5. The van der Waals surface area contributed by atoms with Crippen LogP contribution in [0.2, 0.25) is 5.02 Å². The molecule has 1 aliphatic rings. The Balaban J connectivity index is 1.42. The Morgan fingerprint density at radius 3 is 2.14 bits per heavy atom. The fourth-order valence-corrected chi connectivity index (χ4v) is 6.40. The van der Waals surface area contributed by atoms with Gasteiger partial charge in [0.05, 0.1) is 5.56 Å². The number of benzene rings is 4. The highest BCUT2D eigenvalue weighted by Gasteiger charge is 2.34. The van der Waals surface area contributed by atoms with E-state index in [4.69, 9.17) is 11.6 Å². The van der Waals surface area contributed by atoms with Crippen molar-refractivity contribution in [1.82, 2.24) is 9.80 Å². The van der Waals surface area contributed by atoms with Crippen LogP contribution < -0.4 is 4.90 Å². The SMILES string of the molecule is CCCCCc1ccc(CN(C(=O)C=Cc2ccc(C(F)(F)F)cc2)[C@@H](Cc2ccccc2)C(=O)N2CCN(c3cccc(Cl)c3)CC2)cc1. The number of rotatable bonds is 13. The average Bonchev–Trinajstić information content (AvgIpc) is 3.13. The summed E-state index contributed by atoms with van der Waals surface area (Å²) >= 11 is 6.24. The van der Waals surface area contributed by atoms with Gasteiger partial charge in [0.1, 0.15) is 6.04 Å². The summed E-state index contributed by atoms with van der Waals surface area (Å²) in [6.45, 7) is 4.56. The van der Waals surface area contributed by atoms with E-state index < -0.39 is 23.7 Å². The predicted molar refractivity (Wildman–Crippen MR) is 195 cm³/mol. The molecule has 5 rings (SSSR count). The third kappa shape index (κ3) is 10.2. The van der Waals surface area contributed by atoms with E-state index in [0.717, 1.165) is 54.6 Å². The van der Waals surface area contributed by atoms with E-state index in [1.807, 2.05) is 71.6 Å². The molecule has 5 nitrogen and oxygen atoms in total. The monoisotopic (exact) mass is 701 g/mol. The molecule has 0 aromatic heterocycles. The minimum Gasteiger partial charge on any atom is -0.368 e. The molecule has 0 bridgehead atoms. The van der Waals surface area contributed by atoms with Crippen molar-refractivity contribution in [2.24, 2.45) is 0 Å². The van der Waals surface area contributed by atoms with Crippen LogP contribution in [-0.4, -0.2) is 53.8 Å². The van der Waals surface area contributed by atoms with Crippen molar-refractivity contribution in [2.75, 3.05) is 31.1 Å². The number of alkyl halides is 3. The summed E-state index contributed by atoms with van der Waals surface area (Å²) in [5.74, 6) is -0.546. The molecule has 0 aliphatic carbocycles. The molecule has 0 saturated carbocycles. The van der Waals surface area contributed by atoms with Gasteiger partial charge in [-0.25, -0.2) is 0 Å². The number of amides is 2. The van der Waals surface area contributed by atoms with Crippen LogP contribution in [0.3, 0.4) is 0 Å². The Bertz CT molecular complexity index is 1720. The number of unbranched alkanes of at least 4 members (excludes halogenated alkanes) is 2. The van der Waals surface area contributed by atoms with Gasteiger partial charge in [0.2, 0.25) is 11.8 Å². The Kier molecular flexibility index (Phi) is 12.8. The number of hydrogen-bond acceptors (Lipinski definition) is 3. The standard InChI is InChI=1S/C41H43ClF3N3O2/c1-2-3-5-9-31-14-16-34(17-15-31)30-48(39(49)23-20-32-18-21-35(22-19-32)41(43,44)45)38(28-33-10-6-4-7-11-33)40(50)47-26-24-46(25-27-47)37-13-8-12-36(42)29-37/h4,6-8,10-23,29,38H,2-3,5,9,24-28,30H2,1H3/t38-/m0/s1. The summed E-state index contributed by atoms with van der Waals surface area (Å²) in [5, 5.41) is 0.649. The Morgan fingerprint density at radius 2 is 1.50 bits per heavy atom. The second-order valence-corrected chi connectivity index (χ2v) is 13.1. The van der Waals surface area contributed by atoms with E-state index in [2.05, 4.69) is 24.0 Å². The topological polar surface area (TPSA) is 43.9 Å². The molecule has 0 spiro atoms. The lowest BCUT2D eigenvalue weighted by atomic mass is 10.0. The Labute approximate surface area is 298 Å². The molecule has 4 aromatic rings. The fourth-order valence-electron chi connectivity index (χ4n) is 6.21. The third-order valence-electron chi connectivity index (χ3n) is 9.08. The molecule has 2 amide bonds. The van der Waals surface area contributed by atoms with E-state index in [-0.39, 0.29) is 12.5 Å². The zero-order chi connectivity index (χ0) is 35.5. The van der Waals surface area contributed by atoms with Gasteiger partial charge in [-0.15, -0.1) is 0 Å². The summed E-state index contributed by atoms with van der Waals surface area (Å²) in [6.07, 6.45) is 3.09. The minimum atomic E-state index is -4.45. The van der Waals surface area contributed by atoms with Crippen LogP contribution in [0.4, 0.5) is 18.9 Å². The lowest BCUT2D eigenvalue weighted by Crippen LogP contribution is -2.56. The second-order valence-electron chi connectivity index (χ2n) is 12.7. The number of hydrogen-bond donors (Lipinski definition) is 0. The first kappa shape index (κ1) is 36.7. The highest BCUT2D eigenvalue weighted by atomic mass is 35.5. The van der Waals surface area contributed by atoms with Crippen molar-refractivity contribution in [3.05, 3.63) is 142 Å². The van der Waals surface area contributed by atoms with Crippen molar-refractivity contribution in [1.29, 1.82) is 0 Å². The summed E-state index contributed by atoms with van der Waals surface area (Å²) in [7, 11) is 0. The zero-order valence-corrected chi connectivity index (χ0v) is 29.0. The van der Waals surface area contributed by atoms with Crippen LogP contribution in [-0.2, 0) is 35.2 Å². The molecule has 0 unspecified atom stereocenters. The first-order valence-electron chi connectivity index (χ1n) is 17.2. The molecule has 1 atom stereocenters. The second kappa shape index (κ2) is 17.4. The number of anilines is 1. The van der Waals surface area contributed by atoms with Crippen molar-refractivity contribution in [3.63, 3.8) is 0 Å². The Hall–Kier alpha value is -4.56. The summed E-state index contributed by atoms with van der Waals surface area (Å²) in [6, 6.07) is 29.3. The van der Waals surface area contributed by atoms with Gasteiger partial charge in [0.15, 0.2) is 0 Å². The summed E-state index contributed by atoms with van der Waals surface area (Å²) < 4.78 is 39.4. The van der Waals surface area contributed by atoms with Gasteiger partial charge in [-0.2, -0.15) is 13.2 Å². The lowest BCUT2D eigenvalue weighted by molar-refractivity contribution is -0.144. The van der Waals surface area contributed by atoms with E-state index in [1.165, 1.54) is 29.8 Å². The molecule has 1 saturated heterocycles. The normalized spacial score (nSPS) is 14.2. The molecule has 1 heterocycles. The van der Waals surface area contributed by atoms with Gasteiger partial charge < -0.3 is 14.7 Å². The molecular formula is C41H43ClF3N3O2. The number of carbonyl (C=O) groups is 2. The first-order chi connectivity index (χ1) is 24.1. The quantitative estimate of drug-likeness (QED) is 0.103. The first-order valence-corrected chi connectivity index (χ1v) is 17.6. The molecule has 1 fully saturated rings. The van der Waals surface area contributed by atoms with Gasteiger partial charge in [0.25, 0.3) is 0 Å². The average molecular weight is 702 g/mol. The van der Waals surface area contributed by atoms with E-state index in [1.54, 1.807) is 4.90 Å². The lowest BCUT2D eigenvalue weighted by Gasteiger charge is -2.40. The van der Waals surface area contributed by atoms with Gasteiger partial charge in [-0.1, -0.05) is 104 Å². The van der Waals surface area contributed by atoms with Crippen LogP contribution in [0.1, 0.15) is 54.0 Å². The number of aryl methyl sites for hydroxylation is 1. The largest absolute Gasteiger partial charge is 0.416 e. The number of halogens is 4. The zero-order valence-electron chi connectivity index (χ0n) is 28.3. The van der Waals surface area contributed by atoms with Crippen LogP contribution in [0.25, 0.3) is 6.08 Å². The number of piperazine rings is 1. The highest BCUT2D eigenvalue weighted by molar-refractivity contribution is 6.30.